The van der Waals surface area contributed by atoms with Gasteiger partial charge in [-0.25, -0.2) is 4.68 Å². The minimum Gasteiger partial charge on any atom is -0.460 e. The van der Waals surface area contributed by atoms with Crippen molar-refractivity contribution in [2.45, 2.75) is 50.3 Å². The van der Waals surface area contributed by atoms with Gasteiger partial charge in [-0.2, -0.15) is 0 Å². The Labute approximate surface area is 249 Å². The first-order chi connectivity index (χ1) is 20.2. The second-order valence-electron chi connectivity index (χ2n) is 10.9. The number of halogens is 1. The minimum atomic E-state index is -1.45. The highest BCUT2D eigenvalue weighted by Gasteiger charge is 2.74. The zero-order chi connectivity index (χ0) is 29.6. The summed E-state index contributed by atoms with van der Waals surface area (Å²) in [7, 11) is 0. The predicted molar refractivity (Wildman–Crippen MR) is 150 cm³/mol. The zero-order valence-corrected chi connectivity index (χ0v) is 24.5. The van der Waals surface area contributed by atoms with Crippen molar-refractivity contribution in [3.8, 4) is 0 Å². The van der Waals surface area contributed by atoms with Gasteiger partial charge in [0, 0.05) is 24.0 Å². The van der Waals surface area contributed by atoms with Crippen LogP contribution >= 0.6 is 15.9 Å². The number of hydrogen-bond acceptors (Lipinski definition) is 9. The molecule has 222 valence electrons. The van der Waals surface area contributed by atoms with E-state index in [-0.39, 0.29) is 45.2 Å². The van der Waals surface area contributed by atoms with Gasteiger partial charge in [-0.05, 0) is 31.6 Å². The number of nitrogens with one attached hydrogen (secondary N) is 1. The SMILES string of the molecule is C[C@H]1CNC(=O)CC/C=C\CN(Cn2nnc3ccccc32)C(=O)[C@H]2N(CCO)C(=O)[C@@H]3[C@@H](C(=O)O1)[C@@H]1O[C@@]32C=C1Br. The van der Waals surface area contributed by atoms with Crippen molar-refractivity contribution in [1.82, 2.24) is 30.1 Å². The van der Waals surface area contributed by atoms with Gasteiger partial charge >= 0.3 is 5.97 Å². The molecule has 6 atom stereocenters. The van der Waals surface area contributed by atoms with Gasteiger partial charge in [0.15, 0.2) is 0 Å². The third-order valence-electron chi connectivity index (χ3n) is 8.24. The Hall–Kier alpha value is -3.62. The molecule has 2 saturated heterocycles. The Kier molecular flexibility index (Phi) is 7.62. The average Bonchev–Trinajstić information content (AvgIpc) is 3.68. The summed E-state index contributed by atoms with van der Waals surface area (Å²) < 4.78 is 14.2. The number of carbonyl (C=O) groups excluding carboxylic acids is 4. The molecule has 4 aliphatic heterocycles. The van der Waals surface area contributed by atoms with Gasteiger partial charge in [-0.1, -0.05) is 45.4 Å². The molecule has 42 heavy (non-hydrogen) atoms. The van der Waals surface area contributed by atoms with Gasteiger partial charge in [-0.15, -0.1) is 5.10 Å². The van der Waals surface area contributed by atoms with Gasteiger partial charge in [0.05, 0.1) is 24.6 Å². The number of carbonyl (C=O) groups is 4. The van der Waals surface area contributed by atoms with E-state index in [2.05, 4.69) is 31.6 Å². The Balaban J connectivity index is 1.42. The summed E-state index contributed by atoms with van der Waals surface area (Å²) in [6.07, 6.45) is 4.51. The number of aromatic nitrogens is 3. The second-order valence-corrected chi connectivity index (χ2v) is 11.8. The van der Waals surface area contributed by atoms with Crippen LogP contribution in [-0.2, 0) is 35.3 Å². The first kappa shape index (κ1) is 28.5. The Morgan fingerprint density at radius 2 is 1.98 bits per heavy atom. The quantitative estimate of drug-likeness (QED) is 0.358. The molecule has 1 aromatic carbocycles. The molecule has 4 aliphatic rings. The molecule has 0 saturated carbocycles. The Morgan fingerprint density at radius 3 is 2.79 bits per heavy atom. The number of allylic oxidation sites excluding steroid dienone is 1. The fourth-order valence-electron chi connectivity index (χ4n) is 6.39. The third kappa shape index (κ3) is 4.71. The van der Waals surface area contributed by atoms with E-state index in [1.54, 1.807) is 23.8 Å². The van der Waals surface area contributed by atoms with Gasteiger partial charge < -0.3 is 29.7 Å². The van der Waals surface area contributed by atoms with Crippen molar-refractivity contribution in [2.24, 2.45) is 11.8 Å². The number of fused-ring (bicyclic) bond motifs is 3. The van der Waals surface area contributed by atoms with Crippen molar-refractivity contribution >= 4 is 50.7 Å². The summed E-state index contributed by atoms with van der Waals surface area (Å²) >= 11 is 3.50. The van der Waals surface area contributed by atoms with Crippen LogP contribution in [0.5, 0.6) is 0 Å². The number of aliphatic hydroxyl groups is 1. The van der Waals surface area contributed by atoms with Crippen LogP contribution in [0.4, 0.5) is 0 Å². The fraction of sp³-hybridized carbons (Fsp3) is 0.500. The molecule has 6 rings (SSSR count). The number of esters is 1. The van der Waals surface area contributed by atoms with Crippen LogP contribution in [0.1, 0.15) is 19.8 Å². The molecule has 0 unspecified atom stereocenters. The summed E-state index contributed by atoms with van der Waals surface area (Å²) in [6, 6.07) is 6.20. The molecular formula is C28H31BrN6O7. The molecule has 0 aliphatic carbocycles. The molecule has 5 bridgehead atoms. The molecule has 2 N–H and O–H groups in total. The monoisotopic (exact) mass is 642 g/mol. The zero-order valence-electron chi connectivity index (χ0n) is 22.9. The normalized spacial score (nSPS) is 32.6. The lowest BCUT2D eigenvalue weighted by atomic mass is 9.74. The molecule has 1 aromatic heterocycles. The molecule has 14 heteroatoms. The number of benzene rings is 1. The molecular weight excluding hydrogens is 612 g/mol. The summed E-state index contributed by atoms with van der Waals surface area (Å²) in [5, 5.41) is 21.1. The number of nitrogens with zero attached hydrogens (tertiary/aromatic N) is 5. The number of β-amino-alcohol motifs (C(OH)–C–C–N with tert-alkyl or cyclic N) is 1. The van der Waals surface area contributed by atoms with Crippen LogP contribution in [0.25, 0.3) is 11.0 Å². The first-order valence-corrected chi connectivity index (χ1v) is 14.7. The number of likely N-dealkylation sites (tertiary alicyclic amines) is 1. The van der Waals surface area contributed by atoms with Crippen LogP contribution < -0.4 is 5.32 Å². The van der Waals surface area contributed by atoms with E-state index in [0.29, 0.717) is 16.4 Å². The van der Waals surface area contributed by atoms with Crippen LogP contribution in [0.2, 0.25) is 0 Å². The molecule has 2 aromatic rings. The Bertz CT molecular complexity index is 1490. The standard InChI is InChI=1S/C28H31BrN6O7/c1-16-14-30-20(37)9-3-2-6-10-33(15-35-19-8-5-4-7-18(19)31-32-35)26(39)24-28-13-17(29)23(42-28)21(27(40)41-16)22(28)25(38)34(24)11-12-36/h2,4-8,13,16,21-24,36H,3,9-12,14-15H2,1H3,(H,30,37)/b6-2-/t16-,21+,22-,23+,24+,28-/m0/s1. The van der Waals surface area contributed by atoms with Gasteiger partial charge in [0.1, 0.15) is 42.0 Å². The Morgan fingerprint density at radius 1 is 1.17 bits per heavy atom. The number of hydrogen-bond donors (Lipinski definition) is 2. The average molecular weight is 643 g/mol. The van der Waals surface area contributed by atoms with Crippen LogP contribution in [0.3, 0.4) is 0 Å². The lowest BCUT2D eigenvalue weighted by Gasteiger charge is -2.35. The molecule has 3 amide bonds. The topological polar surface area (TPSA) is 156 Å². The minimum absolute atomic E-state index is 0.0138. The molecule has 1 spiro atoms. The number of rotatable bonds is 4. The fourth-order valence-corrected chi connectivity index (χ4v) is 7.12. The second kappa shape index (κ2) is 11.2. The van der Waals surface area contributed by atoms with Crippen LogP contribution in [0.15, 0.2) is 47.0 Å². The van der Waals surface area contributed by atoms with Gasteiger partial charge in [-0.3, -0.25) is 19.2 Å². The van der Waals surface area contributed by atoms with E-state index in [0.717, 1.165) is 5.52 Å². The summed E-state index contributed by atoms with van der Waals surface area (Å²) in [6.45, 7) is 1.43. The summed E-state index contributed by atoms with van der Waals surface area (Å²) in [5.74, 6) is -3.80. The molecule has 13 nitrogen and oxygen atoms in total. The lowest BCUT2D eigenvalue weighted by molar-refractivity contribution is -0.158. The molecule has 2 fully saturated rings. The van der Waals surface area contributed by atoms with Crippen molar-refractivity contribution < 1.29 is 33.8 Å². The number of para-hydroxylation sites is 1. The first-order valence-electron chi connectivity index (χ1n) is 13.9. The highest BCUT2D eigenvalue weighted by molar-refractivity contribution is 9.11. The van der Waals surface area contributed by atoms with Crippen molar-refractivity contribution in [2.75, 3.05) is 26.2 Å². The number of amides is 3. The smallest absolute Gasteiger partial charge is 0.313 e. The van der Waals surface area contributed by atoms with Crippen molar-refractivity contribution in [3.05, 3.63) is 47.0 Å². The third-order valence-corrected chi connectivity index (χ3v) is 8.92. The van der Waals surface area contributed by atoms with E-state index < -0.39 is 53.5 Å². The maximum atomic E-state index is 14.6. The van der Waals surface area contributed by atoms with Crippen molar-refractivity contribution in [1.29, 1.82) is 0 Å². The largest absolute Gasteiger partial charge is 0.460 e. The van der Waals surface area contributed by atoms with Crippen molar-refractivity contribution in [3.63, 3.8) is 0 Å². The van der Waals surface area contributed by atoms with E-state index in [1.807, 2.05) is 30.3 Å². The number of ether oxygens (including phenoxy) is 2. The highest BCUT2D eigenvalue weighted by atomic mass is 79.9. The van der Waals surface area contributed by atoms with Crippen LogP contribution in [0, 0.1) is 11.8 Å². The lowest BCUT2D eigenvalue weighted by Crippen LogP contribution is -2.56. The van der Waals surface area contributed by atoms with E-state index in [4.69, 9.17) is 9.47 Å². The number of aliphatic hydroxyl groups excluding tert-OH is 1. The van der Waals surface area contributed by atoms with Gasteiger partial charge in [0.2, 0.25) is 11.8 Å². The van der Waals surface area contributed by atoms with Gasteiger partial charge in [0.25, 0.3) is 5.91 Å². The molecule has 5 heterocycles. The summed E-state index contributed by atoms with van der Waals surface area (Å²) in [4.78, 5) is 57.2. The van der Waals surface area contributed by atoms with E-state index in [1.165, 1.54) is 9.80 Å². The van der Waals surface area contributed by atoms with Crippen LogP contribution in [-0.4, -0.2) is 104 Å². The molecule has 0 radical (unpaired) electrons. The maximum Gasteiger partial charge on any atom is 0.313 e. The van der Waals surface area contributed by atoms with E-state index >= 15 is 0 Å². The highest BCUT2D eigenvalue weighted by Crippen LogP contribution is 2.58. The predicted octanol–water partition coefficient (Wildman–Crippen LogP) is 0.481. The number of cyclic esters (lactones) is 1. The summed E-state index contributed by atoms with van der Waals surface area (Å²) in [5.41, 5.74) is -0.0690. The maximum absolute atomic E-state index is 14.6. The van der Waals surface area contributed by atoms with E-state index in [9.17, 15) is 24.3 Å².